The minimum atomic E-state index is -0.550. The van der Waals surface area contributed by atoms with Gasteiger partial charge in [-0.25, -0.2) is 0 Å². The maximum Gasteiger partial charge on any atom is 0.119 e. The van der Waals surface area contributed by atoms with E-state index in [1.807, 2.05) is 0 Å². The molecule has 0 amide bonds. The quantitative estimate of drug-likeness (QED) is 0.0911. The molecule has 8 rings (SSSR count). The smallest absolute Gasteiger partial charge is 0.119 e. The maximum atomic E-state index is 6.22. The lowest BCUT2D eigenvalue weighted by atomic mass is 9.66. The van der Waals surface area contributed by atoms with Gasteiger partial charge in [-0.15, -0.1) is 0 Å². The molecule has 0 spiro atoms. The van der Waals surface area contributed by atoms with Crippen LogP contribution in [0.25, 0.3) is 22.3 Å². The van der Waals surface area contributed by atoms with Crippen molar-refractivity contribution in [3.05, 3.63) is 142 Å². The molecule has 0 bridgehead atoms. The van der Waals surface area contributed by atoms with E-state index in [2.05, 4.69) is 152 Å². The summed E-state index contributed by atoms with van der Waals surface area (Å²) in [6.45, 7) is 20.3. The molecule has 3 aliphatic carbocycles. The third kappa shape index (κ3) is 9.17. The summed E-state index contributed by atoms with van der Waals surface area (Å²) in [6.07, 6.45) is 20.3. The first-order valence-electron chi connectivity index (χ1n) is 25.5. The lowest BCUT2D eigenvalue weighted by Gasteiger charge is -2.35. The fourth-order valence-corrected chi connectivity index (χ4v) is 11.5. The predicted octanol–water partition coefficient (Wildman–Crippen LogP) is 16.9. The number of hydrogen-bond donors (Lipinski definition) is 0. The third-order valence-corrected chi connectivity index (χ3v) is 16.0. The summed E-state index contributed by atoms with van der Waals surface area (Å²) >= 11 is 0. The van der Waals surface area contributed by atoms with E-state index in [-0.39, 0.29) is 10.8 Å². The second kappa shape index (κ2) is 19.4. The zero-order valence-electron chi connectivity index (χ0n) is 40.4. The number of benzene rings is 5. The summed E-state index contributed by atoms with van der Waals surface area (Å²) in [6, 6.07) is 38.7. The fourth-order valence-electron chi connectivity index (χ4n) is 11.5. The Morgan fingerprint density at radius 1 is 0.492 bits per heavy atom. The molecule has 0 aliphatic heterocycles. The molecule has 2 heteroatoms. The second-order valence-electron chi connectivity index (χ2n) is 21.1. The number of rotatable bonds is 17. The van der Waals surface area contributed by atoms with Crippen LogP contribution >= 0.6 is 0 Å². The number of hydrogen-bond acceptors (Lipinski definition) is 2. The minimum Gasteiger partial charge on any atom is -0.494 e. The Hall–Kier alpha value is -4.30. The molecule has 2 nitrogen and oxygen atoms in total. The molecule has 0 N–H and O–H groups in total. The highest BCUT2D eigenvalue weighted by Crippen LogP contribution is 2.58. The molecular weight excluding hydrogens is 765 g/mol. The van der Waals surface area contributed by atoms with E-state index in [1.54, 1.807) is 16.7 Å². The average Bonchev–Trinajstić information content (AvgIpc) is 3.61. The molecule has 0 unspecified atom stereocenters. The monoisotopic (exact) mass is 843 g/mol. The van der Waals surface area contributed by atoms with Crippen molar-refractivity contribution in [1.82, 2.24) is 0 Å². The number of ether oxygens (including phenoxy) is 2. The van der Waals surface area contributed by atoms with Crippen molar-refractivity contribution in [2.45, 2.75) is 174 Å². The maximum absolute atomic E-state index is 6.22. The van der Waals surface area contributed by atoms with Crippen LogP contribution in [0.3, 0.4) is 0 Å². The van der Waals surface area contributed by atoms with Crippen molar-refractivity contribution in [1.29, 1.82) is 0 Å². The van der Waals surface area contributed by atoms with Crippen molar-refractivity contribution >= 4 is 0 Å². The van der Waals surface area contributed by atoms with Gasteiger partial charge >= 0.3 is 0 Å². The molecule has 5 aromatic rings. The second-order valence-corrected chi connectivity index (χ2v) is 21.1. The van der Waals surface area contributed by atoms with Gasteiger partial charge in [0.15, 0.2) is 0 Å². The van der Waals surface area contributed by atoms with E-state index in [4.69, 9.17) is 9.47 Å². The molecular formula is C61H78O2. The molecule has 0 saturated heterocycles. The summed E-state index contributed by atoms with van der Waals surface area (Å²) in [4.78, 5) is 0. The van der Waals surface area contributed by atoms with Crippen LogP contribution in [0.2, 0.25) is 0 Å². The number of fused-ring (bicyclic) bond motifs is 3. The van der Waals surface area contributed by atoms with Crippen molar-refractivity contribution < 1.29 is 9.47 Å². The first-order valence-corrected chi connectivity index (χ1v) is 25.5. The van der Waals surface area contributed by atoms with E-state index in [9.17, 15) is 0 Å². The third-order valence-electron chi connectivity index (χ3n) is 16.0. The van der Waals surface area contributed by atoms with Crippen molar-refractivity contribution in [2.24, 2.45) is 11.8 Å². The highest BCUT2D eigenvalue weighted by atomic mass is 16.5. The van der Waals surface area contributed by atoms with Gasteiger partial charge in [0.25, 0.3) is 0 Å². The van der Waals surface area contributed by atoms with Gasteiger partial charge in [-0.3, -0.25) is 0 Å². The van der Waals surface area contributed by atoms with E-state index in [1.165, 1.54) is 127 Å². The first-order chi connectivity index (χ1) is 30.5. The summed E-state index contributed by atoms with van der Waals surface area (Å²) in [7, 11) is 0. The Labute approximate surface area is 382 Å². The SMILES string of the molecule is CCCOc1ccc(C2(c3ccc(OCCC)cc3)c3cc(-c4cc(CC5CCCCC5)c(C(C)(C)CC)cc4CC4CCCCC4)ccc3-c3ccc(C(C)(C)CC)cc32)cc1. The molecule has 63 heavy (non-hydrogen) atoms. The largest absolute Gasteiger partial charge is 0.494 e. The summed E-state index contributed by atoms with van der Waals surface area (Å²) in [5.41, 5.74) is 16.6. The standard InChI is InChI=1S/C61H78O2/c1-9-35-62-51-29-24-48(25-30-51)61(49-26-31-52(32-27-49)63-36-10-2)57-40-45(23-33-53(57)54-34-28-50(42-58(54)61)59(5,6)11-3)55-39-47(38-44-21-17-14-18-22-44)56(60(7,8)12-4)41-46(55)37-43-19-15-13-16-20-43/h23-34,39-44H,9-22,35-38H2,1-8H3. The molecule has 5 aromatic carbocycles. The molecule has 3 aliphatic rings. The van der Waals surface area contributed by atoms with Gasteiger partial charge in [0.1, 0.15) is 11.5 Å². The molecule has 0 atom stereocenters. The summed E-state index contributed by atoms with van der Waals surface area (Å²) in [5, 5.41) is 0. The highest BCUT2D eigenvalue weighted by molar-refractivity contribution is 5.89. The Kier molecular flexibility index (Phi) is 14.0. The van der Waals surface area contributed by atoms with Gasteiger partial charge in [0, 0.05) is 0 Å². The van der Waals surface area contributed by atoms with Crippen LogP contribution in [-0.2, 0) is 29.1 Å². The normalized spacial score (nSPS) is 16.8. The van der Waals surface area contributed by atoms with E-state index in [0.717, 1.165) is 49.0 Å². The lowest BCUT2D eigenvalue weighted by Crippen LogP contribution is -2.29. The molecule has 334 valence electrons. The molecule has 0 radical (unpaired) electrons. The van der Waals surface area contributed by atoms with Crippen LogP contribution in [0.15, 0.2) is 97.1 Å². The van der Waals surface area contributed by atoms with Gasteiger partial charge in [-0.05, 0) is 158 Å². The van der Waals surface area contributed by atoms with E-state index < -0.39 is 5.41 Å². The van der Waals surface area contributed by atoms with Gasteiger partial charge in [0.2, 0.25) is 0 Å². The Bertz CT molecular complexity index is 2240. The molecule has 0 heterocycles. The first kappa shape index (κ1) is 45.3. The molecule has 0 aromatic heterocycles. The lowest BCUT2D eigenvalue weighted by molar-refractivity contribution is 0.317. The van der Waals surface area contributed by atoms with Gasteiger partial charge in [-0.2, -0.15) is 0 Å². The van der Waals surface area contributed by atoms with E-state index in [0.29, 0.717) is 13.2 Å². The van der Waals surface area contributed by atoms with Crippen LogP contribution in [0, 0.1) is 11.8 Å². The van der Waals surface area contributed by atoms with Crippen molar-refractivity contribution in [2.75, 3.05) is 13.2 Å². The van der Waals surface area contributed by atoms with Crippen molar-refractivity contribution in [3.8, 4) is 33.8 Å². The van der Waals surface area contributed by atoms with Crippen LogP contribution in [0.1, 0.15) is 190 Å². The summed E-state index contributed by atoms with van der Waals surface area (Å²) in [5.74, 6) is 3.39. The fraction of sp³-hybridized carbons (Fsp3) is 0.508. The van der Waals surface area contributed by atoms with Crippen LogP contribution in [0.5, 0.6) is 11.5 Å². The van der Waals surface area contributed by atoms with Crippen LogP contribution < -0.4 is 9.47 Å². The average molecular weight is 843 g/mol. The van der Waals surface area contributed by atoms with Gasteiger partial charge in [-0.1, -0.05) is 186 Å². The summed E-state index contributed by atoms with van der Waals surface area (Å²) < 4.78 is 12.4. The molecule has 2 saturated carbocycles. The van der Waals surface area contributed by atoms with E-state index >= 15 is 0 Å². The zero-order chi connectivity index (χ0) is 44.2. The topological polar surface area (TPSA) is 18.5 Å². The predicted molar refractivity (Wildman–Crippen MR) is 268 cm³/mol. The minimum absolute atomic E-state index is 0.0349. The van der Waals surface area contributed by atoms with Gasteiger partial charge in [0.05, 0.1) is 18.6 Å². The van der Waals surface area contributed by atoms with Gasteiger partial charge < -0.3 is 9.47 Å². The van der Waals surface area contributed by atoms with Crippen molar-refractivity contribution in [3.63, 3.8) is 0 Å². The highest BCUT2D eigenvalue weighted by Gasteiger charge is 2.47. The Morgan fingerprint density at radius 3 is 1.49 bits per heavy atom. The van der Waals surface area contributed by atoms with Crippen LogP contribution in [0.4, 0.5) is 0 Å². The molecule has 2 fully saturated rings. The van der Waals surface area contributed by atoms with Crippen LogP contribution in [-0.4, -0.2) is 13.2 Å². The Morgan fingerprint density at radius 2 is 0.984 bits per heavy atom. The zero-order valence-corrected chi connectivity index (χ0v) is 40.4. The Balaban J connectivity index is 1.39.